The van der Waals surface area contributed by atoms with Crippen molar-refractivity contribution in [3.63, 3.8) is 0 Å². The highest BCUT2D eigenvalue weighted by Gasteiger charge is 2.45. The highest BCUT2D eigenvalue weighted by atomic mass is 16.5. The van der Waals surface area contributed by atoms with Crippen LogP contribution >= 0.6 is 0 Å². The summed E-state index contributed by atoms with van der Waals surface area (Å²) in [6.07, 6.45) is 9.54. The second-order valence-electron chi connectivity index (χ2n) is 13.3. The second-order valence-corrected chi connectivity index (χ2v) is 13.3. The maximum atomic E-state index is 14.3. The van der Waals surface area contributed by atoms with Gasteiger partial charge in [0.15, 0.2) is 0 Å². The number of urea groups is 1. The second kappa shape index (κ2) is 12.0. The Kier molecular flexibility index (Phi) is 7.57. The Hall–Kier alpha value is -5.73. The highest BCUT2D eigenvalue weighted by molar-refractivity contribution is 6.30. The standard InChI is InChI=1S/C42H38N4O4/c1-25(24-50-5)46-41(48)39(40(47)45(4)42(46)49)36-28(20-22-32-30-14-6-10-26-12-8-16-34(37(26)30)43(32)2)18-19-29(36)21-23-33-31-15-7-11-27-13-9-17-35(38(27)31)44(33)3/h6-17,20-23,25H,18-19,24H2,1-5H3. The van der Waals surface area contributed by atoms with E-state index < -0.39 is 23.9 Å². The molecule has 1 aliphatic carbocycles. The van der Waals surface area contributed by atoms with E-state index in [4.69, 9.17) is 4.74 Å². The van der Waals surface area contributed by atoms with Crippen molar-refractivity contribution >= 4 is 73.3 Å². The fraction of sp³-hybridized carbons (Fsp3) is 0.214. The number of amides is 4. The largest absolute Gasteiger partial charge is 0.383 e. The van der Waals surface area contributed by atoms with Crippen LogP contribution in [-0.2, 0) is 28.4 Å². The van der Waals surface area contributed by atoms with Crippen LogP contribution in [0.1, 0.15) is 19.8 Å². The van der Waals surface area contributed by atoms with E-state index in [1.807, 2.05) is 12.2 Å². The lowest BCUT2D eigenvalue weighted by atomic mass is 9.94. The topological polar surface area (TPSA) is 76.8 Å². The van der Waals surface area contributed by atoms with Crippen molar-refractivity contribution in [2.75, 3.05) is 20.8 Å². The first-order chi connectivity index (χ1) is 24.2. The summed E-state index contributed by atoms with van der Waals surface area (Å²) in [5.41, 5.74) is 4.63. The van der Waals surface area contributed by atoms with Gasteiger partial charge in [-0.25, -0.2) is 4.79 Å². The van der Waals surface area contributed by atoms with Gasteiger partial charge >= 0.3 is 6.03 Å². The molecule has 6 aromatic rings. The van der Waals surface area contributed by atoms with Gasteiger partial charge in [-0.3, -0.25) is 19.4 Å². The molecule has 3 heterocycles. The number of ether oxygens (including phenoxy) is 1. The zero-order valence-electron chi connectivity index (χ0n) is 28.9. The van der Waals surface area contributed by atoms with Crippen molar-refractivity contribution in [3.05, 3.63) is 118 Å². The molecule has 8 nitrogen and oxygen atoms in total. The van der Waals surface area contributed by atoms with Crippen LogP contribution in [0.4, 0.5) is 4.79 Å². The summed E-state index contributed by atoms with van der Waals surface area (Å²) in [6.45, 7) is 1.91. The number of aryl methyl sites for hydroxylation is 2. The van der Waals surface area contributed by atoms with Crippen LogP contribution in [-0.4, -0.2) is 63.6 Å². The van der Waals surface area contributed by atoms with Gasteiger partial charge in [-0.1, -0.05) is 72.8 Å². The van der Waals surface area contributed by atoms with Crippen molar-refractivity contribution in [2.45, 2.75) is 25.8 Å². The molecular formula is C42H38N4O4. The van der Waals surface area contributed by atoms with E-state index in [9.17, 15) is 14.4 Å². The molecule has 1 saturated carbocycles. The number of allylic oxidation sites excluding steroid dienone is 5. The van der Waals surface area contributed by atoms with Crippen LogP contribution in [0.15, 0.2) is 107 Å². The van der Waals surface area contributed by atoms with Crippen LogP contribution in [0.2, 0.25) is 0 Å². The molecule has 2 fully saturated rings. The molecule has 50 heavy (non-hydrogen) atoms. The average molecular weight is 663 g/mol. The summed E-state index contributed by atoms with van der Waals surface area (Å²) in [5.74, 6) is -1.19. The van der Waals surface area contributed by atoms with Gasteiger partial charge in [0, 0.05) is 71.5 Å². The fourth-order valence-corrected chi connectivity index (χ4v) is 8.02. The summed E-state index contributed by atoms with van der Waals surface area (Å²) in [4.78, 5) is 43.8. The molecule has 4 aromatic carbocycles. The molecule has 0 spiro atoms. The third-order valence-electron chi connectivity index (χ3n) is 10.5. The fourth-order valence-electron chi connectivity index (χ4n) is 8.02. The third-order valence-corrected chi connectivity index (χ3v) is 10.5. The molecule has 0 radical (unpaired) electrons. The number of imide groups is 2. The quantitative estimate of drug-likeness (QED) is 0.166. The third kappa shape index (κ3) is 4.66. The van der Waals surface area contributed by atoms with Gasteiger partial charge in [-0.15, -0.1) is 0 Å². The van der Waals surface area contributed by atoms with Gasteiger partial charge < -0.3 is 13.9 Å². The van der Waals surface area contributed by atoms with E-state index in [0.29, 0.717) is 18.4 Å². The Morgan fingerprint density at radius 3 is 1.62 bits per heavy atom. The van der Waals surface area contributed by atoms with Gasteiger partial charge in [0.1, 0.15) is 5.57 Å². The van der Waals surface area contributed by atoms with Crippen molar-refractivity contribution in [2.24, 2.45) is 14.1 Å². The van der Waals surface area contributed by atoms with Crippen molar-refractivity contribution in [1.29, 1.82) is 0 Å². The van der Waals surface area contributed by atoms with Crippen LogP contribution in [0, 0.1) is 0 Å². The molecule has 1 atom stereocenters. The Labute approximate surface area is 289 Å². The number of benzene rings is 4. The normalized spacial score (nSPS) is 19.1. The number of aromatic nitrogens is 2. The number of hydrogen-bond donors (Lipinski definition) is 0. The van der Waals surface area contributed by atoms with Gasteiger partial charge in [0.25, 0.3) is 11.8 Å². The van der Waals surface area contributed by atoms with Crippen LogP contribution < -0.4 is 10.7 Å². The molecule has 1 unspecified atom stereocenters. The van der Waals surface area contributed by atoms with Crippen LogP contribution in [0.5, 0.6) is 0 Å². The lowest BCUT2D eigenvalue weighted by molar-refractivity contribution is -0.137. The lowest BCUT2D eigenvalue weighted by Crippen LogP contribution is -2.58. The minimum Gasteiger partial charge on any atom is -0.383 e. The minimum atomic E-state index is -0.649. The van der Waals surface area contributed by atoms with Crippen molar-refractivity contribution < 1.29 is 19.1 Å². The molecule has 8 heteroatoms. The van der Waals surface area contributed by atoms with Gasteiger partial charge in [0.2, 0.25) is 0 Å². The predicted octanol–water partition coefficient (Wildman–Crippen LogP) is 6.07. The summed E-state index contributed by atoms with van der Waals surface area (Å²) in [7, 11) is 7.09. The number of barbiturate groups is 1. The lowest BCUT2D eigenvalue weighted by Gasteiger charge is -2.36. The average Bonchev–Trinajstić information content (AvgIpc) is 3.73. The number of nitrogens with zero attached hydrogens (tertiary/aromatic N) is 4. The van der Waals surface area contributed by atoms with Crippen molar-refractivity contribution in [1.82, 2.24) is 18.9 Å². The van der Waals surface area contributed by atoms with E-state index in [1.54, 1.807) is 6.92 Å². The summed E-state index contributed by atoms with van der Waals surface area (Å²) >= 11 is 0. The maximum Gasteiger partial charge on any atom is 0.334 e. The van der Waals surface area contributed by atoms with Crippen molar-refractivity contribution in [3.8, 4) is 0 Å². The smallest absolute Gasteiger partial charge is 0.334 e. The number of carbonyl (C=O) groups excluding carboxylic acids is 3. The SMILES string of the molecule is COCC(C)N1C(=O)C(=C2C(=CC=c3c4cccc5cccc(c54)n3C)CCC2=CC=c2c3cccc4cccc(c43)n2C)C(=O)N(C)C1=O. The monoisotopic (exact) mass is 662 g/mol. The van der Waals surface area contributed by atoms with E-state index in [2.05, 4.69) is 108 Å². The minimum absolute atomic E-state index is 0.0113. The zero-order valence-corrected chi connectivity index (χ0v) is 28.9. The van der Waals surface area contributed by atoms with Gasteiger partial charge in [0.05, 0.1) is 12.6 Å². The van der Waals surface area contributed by atoms with E-state index >= 15 is 0 Å². The first kappa shape index (κ1) is 31.5. The summed E-state index contributed by atoms with van der Waals surface area (Å²) in [6, 6.07) is 24.1. The molecule has 1 aliphatic heterocycles. The molecular weight excluding hydrogens is 624 g/mol. The number of hydrogen-bond acceptors (Lipinski definition) is 4. The van der Waals surface area contributed by atoms with Crippen LogP contribution in [0.25, 0.3) is 55.5 Å². The summed E-state index contributed by atoms with van der Waals surface area (Å²) in [5, 5.41) is 9.11. The molecule has 2 aromatic heterocycles. The molecule has 0 bridgehead atoms. The predicted molar refractivity (Wildman–Crippen MR) is 199 cm³/mol. The number of rotatable bonds is 5. The summed E-state index contributed by atoms with van der Waals surface area (Å²) < 4.78 is 9.69. The molecule has 0 N–H and O–H groups in total. The Morgan fingerprint density at radius 1 is 0.660 bits per heavy atom. The first-order valence-electron chi connectivity index (χ1n) is 16.9. The zero-order chi connectivity index (χ0) is 34.8. The number of methoxy groups -OCH3 is 1. The van der Waals surface area contributed by atoms with E-state index in [1.165, 1.54) is 35.7 Å². The molecule has 2 aliphatic rings. The van der Waals surface area contributed by atoms with Gasteiger partial charge in [-0.05, 0) is 71.5 Å². The number of likely N-dealkylation sites (N-methyl/N-ethyl adjacent to an activating group) is 1. The maximum absolute atomic E-state index is 14.3. The first-order valence-corrected chi connectivity index (χ1v) is 16.9. The number of carbonyl (C=O) groups is 3. The molecule has 8 rings (SSSR count). The Morgan fingerprint density at radius 2 is 1.14 bits per heavy atom. The molecule has 4 amide bonds. The Balaban J connectivity index is 1.36. The Bertz CT molecular complexity index is 2480. The van der Waals surface area contributed by atoms with E-state index in [-0.39, 0.29) is 12.2 Å². The van der Waals surface area contributed by atoms with E-state index in [0.717, 1.165) is 53.5 Å². The molecule has 1 saturated heterocycles. The van der Waals surface area contributed by atoms with Crippen LogP contribution in [0.3, 0.4) is 0 Å². The highest BCUT2D eigenvalue weighted by Crippen LogP contribution is 2.40. The van der Waals surface area contributed by atoms with Gasteiger partial charge in [-0.2, -0.15) is 0 Å². The molecule has 250 valence electrons.